The van der Waals surface area contributed by atoms with Gasteiger partial charge in [-0.25, -0.2) is 14.5 Å². The van der Waals surface area contributed by atoms with Crippen molar-refractivity contribution in [3.05, 3.63) is 90.5 Å². The maximum atomic E-state index is 13.9. The van der Waals surface area contributed by atoms with Gasteiger partial charge in [0.1, 0.15) is 11.5 Å². The number of esters is 1. The van der Waals surface area contributed by atoms with Gasteiger partial charge in [-0.3, -0.25) is 9.59 Å². The van der Waals surface area contributed by atoms with Gasteiger partial charge in [-0.1, -0.05) is 54.6 Å². The second-order valence-electron chi connectivity index (χ2n) is 7.61. The minimum atomic E-state index is -1.91. The number of hydrogen-bond acceptors (Lipinski definition) is 7. The van der Waals surface area contributed by atoms with Gasteiger partial charge < -0.3 is 19.5 Å². The van der Waals surface area contributed by atoms with Crippen molar-refractivity contribution in [1.29, 1.82) is 0 Å². The van der Waals surface area contributed by atoms with Crippen LogP contribution in [0.5, 0.6) is 11.5 Å². The summed E-state index contributed by atoms with van der Waals surface area (Å²) in [6, 6.07) is 22.9. The number of imide groups is 1. The Kier molecular flexibility index (Phi) is 6.77. The molecule has 1 N–H and O–H groups in total. The van der Waals surface area contributed by atoms with Crippen molar-refractivity contribution >= 4 is 29.8 Å². The van der Waals surface area contributed by atoms with Gasteiger partial charge in [0.25, 0.3) is 5.91 Å². The zero-order chi connectivity index (χ0) is 24.8. The summed E-state index contributed by atoms with van der Waals surface area (Å²) in [5.74, 6) is -1.26. The Morgan fingerprint density at radius 3 is 2.03 bits per heavy atom. The van der Waals surface area contributed by atoms with Crippen molar-refractivity contribution in [3.8, 4) is 11.5 Å². The molecule has 0 fully saturated rings. The number of para-hydroxylation sites is 3. The monoisotopic (exact) mass is 474 g/mol. The third-order valence-corrected chi connectivity index (χ3v) is 5.56. The van der Waals surface area contributed by atoms with E-state index in [1.165, 1.54) is 7.11 Å². The van der Waals surface area contributed by atoms with E-state index in [-0.39, 0.29) is 35.7 Å². The molecule has 1 atom stereocenters. The molecule has 0 aliphatic carbocycles. The molecule has 178 valence electrons. The highest BCUT2D eigenvalue weighted by atomic mass is 16.6. The van der Waals surface area contributed by atoms with E-state index in [0.29, 0.717) is 0 Å². The van der Waals surface area contributed by atoms with Crippen LogP contribution in [0, 0.1) is 0 Å². The van der Waals surface area contributed by atoms with Crippen LogP contribution in [-0.2, 0) is 19.7 Å². The molecule has 1 aliphatic rings. The first-order chi connectivity index (χ1) is 17.0. The van der Waals surface area contributed by atoms with Crippen molar-refractivity contribution in [2.24, 2.45) is 0 Å². The first kappa shape index (κ1) is 23.5. The largest absolute Gasteiger partial charge is 0.453 e. The SMILES string of the molecule is COC(=O)NCC[C@@]1(C(=O)Oc2ccccc2)C(=O)N(C(=O)Oc2ccccc2)c2ccccc21. The molecule has 35 heavy (non-hydrogen) atoms. The number of fused-ring (bicyclic) bond motifs is 1. The second-order valence-corrected chi connectivity index (χ2v) is 7.61. The fraction of sp³-hybridized carbons (Fsp3) is 0.154. The van der Waals surface area contributed by atoms with Gasteiger partial charge in [-0.05, 0) is 36.8 Å². The van der Waals surface area contributed by atoms with E-state index >= 15 is 0 Å². The minimum Gasteiger partial charge on any atom is -0.453 e. The van der Waals surface area contributed by atoms with Crippen LogP contribution in [-0.4, -0.2) is 37.7 Å². The first-order valence-electron chi connectivity index (χ1n) is 10.8. The molecule has 0 spiro atoms. The van der Waals surface area contributed by atoms with Gasteiger partial charge >= 0.3 is 18.2 Å². The summed E-state index contributed by atoms with van der Waals surface area (Å²) in [6.07, 6.45) is -1.88. The summed E-state index contributed by atoms with van der Waals surface area (Å²) < 4.78 is 15.6. The normalized spacial score (nSPS) is 16.3. The number of nitrogens with zero attached hydrogens (tertiary/aromatic N) is 1. The molecule has 3 amide bonds. The molecule has 3 aromatic rings. The fourth-order valence-corrected chi connectivity index (χ4v) is 3.91. The van der Waals surface area contributed by atoms with Gasteiger partial charge in [0, 0.05) is 12.1 Å². The number of ether oxygens (including phenoxy) is 3. The van der Waals surface area contributed by atoms with Crippen molar-refractivity contribution in [1.82, 2.24) is 5.32 Å². The number of methoxy groups -OCH3 is 1. The summed E-state index contributed by atoms with van der Waals surface area (Å²) in [7, 11) is 1.20. The van der Waals surface area contributed by atoms with E-state index in [1.807, 2.05) is 0 Å². The number of benzene rings is 3. The molecule has 1 aliphatic heterocycles. The van der Waals surface area contributed by atoms with Crippen molar-refractivity contribution in [2.75, 3.05) is 18.6 Å². The highest BCUT2D eigenvalue weighted by Crippen LogP contribution is 2.45. The predicted molar refractivity (Wildman–Crippen MR) is 125 cm³/mol. The first-order valence-corrected chi connectivity index (χ1v) is 10.8. The van der Waals surface area contributed by atoms with Gasteiger partial charge in [0.2, 0.25) is 0 Å². The van der Waals surface area contributed by atoms with Crippen LogP contribution in [0.1, 0.15) is 12.0 Å². The number of carbonyl (C=O) groups is 4. The van der Waals surface area contributed by atoms with Gasteiger partial charge in [0.05, 0.1) is 12.8 Å². The summed E-state index contributed by atoms with van der Waals surface area (Å²) in [4.78, 5) is 53.1. The number of rotatable bonds is 6. The van der Waals surface area contributed by atoms with Gasteiger partial charge in [0.15, 0.2) is 5.41 Å². The quantitative estimate of drug-likeness (QED) is 0.328. The molecule has 0 aromatic heterocycles. The molecule has 9 nitrogen and oxygen atoms in total. The van der Waals surface area contributed by atoms with Crippen LogP contribution < -0.4 is 19.7 Å². The number of alkyl carbamates (subject to hydrolysis) is 1. The van der Waals surface area contributed by atoms with Crippen molar-refractivity contribution in [3.63, 3.8) is 0 Å². The molecule has 0 saturated carbocycles. The van der Waals surface area contributed by atoms with Crippen LogP contribution >= 0.6 is 0 Å². The molecule has 4 rings (SSSR count). The molecule has 0 unspecified atom stereocenters. The van der Waals surface area contributed by atoms with E-state index in [0.717, 1.165) is 4.90 Å². The van der Waals surface area contributed by atoms with E-state index in [4.69, 9.17) is 9.47 Å². The smallest absolute Gasteiger partial charge is 0.426 e. The van der Waals surface area contributed by atoms with Crippen LogP contribution in [0.2, 0.25) is 0 Å². The highest BCUT2D eigenvalue weighted by molar-refractivity contribution is 6.28. The third kappa shape index (κ3) is 4.56. The lowest BCUT2D eigenvalue weighted by molar-refractivity contribution is -0.146. The Bertz CT molecular complexity index is 1250. The Morgan fingerprint density at radius 1 is 0.829 bits per heavy atom. The Morgan fingerprint density at radius 2 is 1.40 bits per heavy atom. The molecule has 0 radical (unpaired) electrons. The van der Waals surface area contributed by atoms with Crippen LogP contribution in [0.3, 0.4) is 0 Å². The summed E-state index contributed by atoms with van der Waals surface area (Å²) >= 11 is 0. The van der Waals surface area contributed by atoms with Crippen LogP contribution in [0.4, 0.5) is 15.3 Å². The maximum Gasteiger partial charge on any atom is 0.426 e. The predicted octanol–water partition coefficient (Wildman–Crippen LogP) is 3.82. The van der Waals surface area contributed by atoms with Crippen molar-refractivity contribution in [2.45, 2.75) is 11.8 Å². The Labute approximate surface area is 201 Å². The van der Waals surface area contributed by atoms with E-state index in [1.54, 1.807) is 84.9 Å². The molecular formula is C26H22N2O7. The maximum absolute atomic E-state index is 13.9. The number of nitrogens with one attached hydrogen (secondary N) is 1. The van der Waals surface area contributed by atoms with E-state index in [2.05, 4.69) is 10.1 Å². The molecule has 0 saturated heterocycles. The average molecular weight is 474 g/mol. The lowest BCUT2D eigenvalue weighted by Gasteiger charge is -2.26. The number of carbonyl (C=O) groups excluding carboxylic acids is 4. The second kappa shape index (κ2) is 10.1. The third-order valence-electron chi connectivity index (χ3n) is 5.56. The highest BCUT2D eigenvalue weighted by Gasteiger charge is 2.59. The van der Waals surface area contributed by atoms with Crippen molar-refractivity contribution < 1.29 is 33.4 Å². The summed E-state index contributed by atoms with van der Waals surface area (Å²) in [5.41, 5.74) is -1.45. The Hall–Kier alpha value is -4.66. The number of amides is 3. The van der Waals surface area contributed by atoms with Gasteiger partial charge in [-0.2, -0.15) is 0 Å². The Balaban J connectivity index is 1.73. The molecule has 1 heterocycles. The van der Waals surface area contributed by atoms with Crippen LogP contribution in [0.15, 0.2) is 84.9 Å². The van der Waals surface area contributed by atoms with Gasteiger partial charge in [-0.15, -0.1) is 0 Å². The zero-order valence-corrected chi connectivity index (χ0v) is 18.8. The van der Waals surface area contributed by atoms with Crippen LogP contribution in [0.25, 0.3) is 0 Å². The lowest BCUT2D eigenvalue weighted by atomic mass is 9.78. The molecule has 3 aromatic carbocycles. The topological polar surface area (TPSA) is 111 Å². The average Bonchev–Trinajstić information content (AvgIpc) is 3.13. The summed E-state index contributed by atoms with van der Waals surface area (Å²) in [6.45, 7) is -0.0990. The summed E-state index contributed by atoms with van der Waals surface area (Å²) in [5, 5.41) is 2.48. The number of hydrogen-bond donors (Lipinski definition) is 1. The standard InChI is InChI=1S/C26H22N2O7/c1-33-24(31)27-17-16-26(23(30)34-18-10-4-2-5-11-18)20-14-8-9-15-21(20)28(22(26)29)25(32)35-19-12-6-3-7-13-19/h2-15H,16-17H2,1H3,(H,27,31)/t26-/m0/s1. The number of anilines is 1. The van der Waals surface area contributed by atoms with E-state index in [9.17, 15) is 19.2 Å². The zero-order valence-electron chi connectivity index (χ0n) is 18.8. The minimum absolute atomic E-state index is 0.0990. The van der Waals surface area contributed by atoms with E-state index < -0.39 is 29.5 Å². The molecule has 9 heteroatoms. The lowest BCUT2D eigenvalue weighted by Crippen LogP contribution is -2.51. The molecule has 0 bridgehead atoms. The fourth-order valence-electron chi connectivity index (χ4n) is 3.91. The molecular weight excluding hydrogens is 452 g/mol.